The fourth-order valence-corrected chi connectivity index (χ4v) is 2.59. The van der Waals surface area contributed by atoms with Crippen LogP contribution in [0.15, 0.2) is 18.2 Å². The predicted molar refractivity (Wildman–Crippen MR) is 74.8 cm³/mol. The number of hydrogen-bond acceptors (Lipinski definition) is 2. The van der Waals surface area contributed by atoms with Crippen molar-refractivity contribution in [2.45, 2.75) is 44.9 Å². The Kier molecular flexibility index (Phi) is 4.76. The zero-order valence-corrected chi connectivity index (χ0v) is 12.2. The van der Waals surface area contributed by atoms with Gasteiger partial charge in [-0.3, -0.25) is 0 Å². The first kappa shape index (κ1) is 16.1. The number of halogens is 4. The van der Waals surface area contributed by atoms with Crippen molar-refractivity contribution in [1.82, 2.24) is 4.90 Å². The van der Waals surface area contributed by atoms with Crippen LogP contribution in [-0.2, 0) is 6.18 Å². The molecule has 2 rings (SSSR count). The number of likely N-dealkylation sites (tertiary alicyclic amines) is 1. The summed E-state index contributed by atoms with van der Waals surface area (Å²) >= 11 is 0. The van der Waals surface area contributed by atoms with E-state index in [-0.39, 0.29) is 11.7 Å². The molecule has 0 radical (unpaired) electrons. The third-order valence-electron chi connectivity index (χ3n) is 3.91. The Hall–Kier alpha value is -1.30. The normalized spacial score (nSPS) is 18.2. The molecule has 1 N–H and O–H groups in total. The zero-order chi connectivity index (χ0) is 15.6. The average Bonchev–Trinajstić information content (AvgIpc) is 2.40. The first-order valence-electron chi connectivity index (χ1n) is 7.14. The maximum atomic E-state index is 13.7. The molecule has 118 valence electrons. The second-order valence-corrected chi connectivity index (χ2v) is 5.74. The molecular weight excluding hydrogens is 284 g/mol. The minimum Gasteiger partial charge on any atom is -0.380 e. The maximum absolute atomic E-state index is 13.7. The van der Waals surface area contributed by atoms with Gasteiger partial charge < -0.3 is 10.2 Å². The van der Waals surface area contributed by atoms with Gasteiger partial charge >= 0.3 is 6.18 Å². The van der Waals surface area contributed by atoms with Gasteiger partial charge in [0.1, 0.15) is 5.82 Å². The molecule has 1 aromatic carbocycles. The van der Waals surface area contributed by atoms with Gasteiger partial charge in [-0.1, -0.05) is 0 Å². The summed E-state index contributed by atoms with van der Waals surface area (Å²) < 4.78 is 51.7. The first-order valence-corrected chi connectivity index (χ1v) is 7.14. The van der Waals surface area contributed by atoms with Crippen LogP contribution in [-0.4, -0.2) is 30.1 Å². The Morgan fingerprint density at radius 1 is 1.19 bits per heavy atom. The van der Waals surface area contributed by atoms with E-state index in [1.165, 1.54) is 0 Å². The number of nitrogens with one attached hydrogen (secondary N) is 1. The molecule has 1 saturated heterocycles. The topological polar surface area (TPSA) is 15.3 Å². The van der Waals surface area contributed by atoms with E-state index in [9.17, 15) is 17.6 Å². The molecule has 6 heteroatoms. The monoisotopic (exact) mass is 304 g/mol. The molecule has 0 amide bonds. The Morgan fingerprint density at radius 3 is 2.33 bits per heavy atom. The zero-order valence-electron chi connectivity index (χ0n) is 12.2. The van der Waals surface area contributed by atoms with E-state index in [1.54, 1.807) is 0 Å². The smallest absolute Gasteiger partial charge is 0.380 e. The summed E-state index contributed by atoms with van der Waals surface area (Å²) in [6, 6.07) is 2.95. The van der Waals surface area contributed by atoms with Crippen LogP contribution in [0.4, 0.5) is 23.2 Å². The SMILES string of the molecule is CC(C)N1CCC(Nc2cc(C(F)(F)F)ccc2F)CC1. The van der Waals surface area contributed by atoms with Crippen molar-refractivity contribution in [3.05, 3.63) is 29.6 Å². The molecule has 1 fully saturated rings. The van der Waals surface area contributed by atoms with E-state index >= 15 is 0 Å². The fraction of sp³-hybridized carbons (Fsp3) is 0.600. The van der Waals surface area contributed by atoms with Crippen LogP contribution in [0.3, 0.4) is 0 Å². The lowest BCUT2D eigenvalue weighted by molar-refractivity contribution is -0.137. The number of nitrogens with zero attached hydrogens (tertiary/aromatic N) is 1. The lowest BCUT2D eigenvalue weighted by Gasteiger charge is -2.35. The van der Waals surface area contributed by atoms with Crippen molar-refractivity contribution in [2.24, 2.45) is 0 Å². The molecule has 1 aliphatic heterocycles. The molecule has 1 heterocycles. The van der Waals surface area contributed by atoms with Crippen LogP contribution in [0, 0.1) is 5.82 Å². The molecule has 0 aliphatic carbocycles. The van der Waals surface area contributed by atoms with Crippen LogP contribution < -0.4 is 5.32 Å². The Morgan fingerprint density at radius 2 is 1.81 bits per heavy atom. The third-order valence-corrected chi connectivity index (χ3v) is 3.91. The highest BCUT2D eigenvalue weighted by atomic mass is 19.4. The van der Waals surface area contributed by atoms with Crippen molar-refractivity contribution in [3.63, 3.8) is 0 Å². The standard InChI is InChI=1S/C15H20F4N2/c1-10(2)21-7-5-12(6-8-21)20-14-9-11(15(17,18)19)3-4-13(14)16/h3-4,9-10,12,20H,5-8H2,1-2H3. The van der Waals surface area contributed by atoms with E-state index in [2.05, 4.69) is 24.1 Å². The molecule has 0 bridgehead atoms. The van der Waals surface area contributed by atoms with Gasteiger partial charge in [0.2, 0.25) is 0 Å². The third kappa shape index (κ3) is 4.09. The molecule has 0 unspecified atom stereocenters. The lowest BCUT2D eigenvalue weighted by atomic mass is 10.0. The van der Waals surface area contributed by atoms with Crippen LogP contribution >= 0.6 is 0 Å². The van der Waals surface area contributed by atoms with Crippen LogP contribution in [0.25, 0.3) is 0 Å². The number of piperidine rings is 1. The Labute approximate surface area is 122 Å². The number of rotatable bonds is 3. The summed E-state index contributed by atoms with van der Waals surface area (Å²) in [6.45, 7) is 5.96. The Balaban J connectivity index is 2.03. The van der Waals surface area contributed by atoms with Crippen LogP contribution in [0.1, 0.15) is 32.3 Å². The average molecular weight is 304 g/mol. The maximum Gasteiger partial charge on any atom is 0.416 e. The number of alkyl halides is 3. The van der Waals surface area contributed by atoms with Crippen molar-refractivity contribution in [2.75, 3.05) is 18.4 Å². The first-order chi connectivity index (χ1) is 9.77. The molecule has 0 saturated carbocycles. The van der Waals surface area contributed by atoms with Gasteiger partial charge in [0.05, 0.1) is 11.3 Å². The molecule has 1 aliphatic rings. The van der Waals surface area contributed by atoms with E-state index in [0.29, 0.717) is 6.04 Å². The molecular formula is C15H20F4N2. The molecule has 2 nitrogen and oxygen atoms in total. The summed E-state index contributed by atoms with van der Waals surface area (Å²) in [5.74, 6) is -0.644. The minimum atomic E-state index is -4.45. The number of anilines is 1. The van der Waals surface area contributed by atoms with Crippen LogP contribution in [0.2, 0.25) is 0 Å². The van der Waals surface area contributed by atoms with Crippen LogP contribution in [0.5, 0.6) is 0 Å². The van der Waals surface area contributed by atoms with Gasteiger partial charge in [-0.2, -0.15) is 13.2 Å². The molecule has 0 atom stereocenters. The molecule has 21 heavy (non-hydrogen) atoms. The minimum absolute atomic E-state index is 0.0120. The highest BCUT2D eigenvalue weighted by Gasteiger charge is 2.31. The second kappa shape index (κ2) is 6.22. The highest BCUT2D eigenvalue weighted by molar-refractivity contribution is 5.48. The highest BCUT2D eigenvalue weighted by Crippen LogP contribution is 2.32. The predicted octanol–water partition coefficient (Wildman–Crippen LogP) is 4.13. The fourth-order valence-electron chi connectivity index (χ4n) is 2.59. The summed E-state index contributed by atoms with van der Waals surface area (Å²) in [5.41, 5.74) is -0.890. The molecule has 1 aromatic rings. The summed E-state index contributed by atoms with van der Waals surface area (Å²) in [4.78, 5) is 2.31. The molecule has 0 spiro atoms. The number of hydrogen-bond donors (Lipinski definition) is 1. The Bertz CT molecular complexity index is 477. The summed E-state index contributed by atoms with van der Waals surface area (Å²) in [6.07, 6.45) is -2.85. The van der Waals surface area contributed by atoms with Crippen molar-refractivity contribution < 1.29 is 17.6 Å². The van der Waals surface area contributed by atoms with E-state index < -0.39 is 17.6 Å². The van der Waals surface area contributed by atoms with Gasteiger partial charge in [-0.05, 0) is 44.9 Å². The summed E-state index contributed by atoms with van der Waals surface area (Å²) in [7, 11) is 0. The van der Waals surface area contributed by atoms with E-state index in [4.69, 9.17) is 0 Å². The van der Waals surface area contributed by atoms with E-state index in [0.717, 1.165) is 44.1 Å². The van der Waals surface area contributed by atoms with E-state index in [1.807, 2.05) is 0 Å². The van der Waals surface area contributed by atoms with Crippen molar-refractivity contribution >= 4 is 5.69 Å². The van der Waals surface area contributed by atoms with Gasteiger partial charge in [-0.15, -0.1) is 0 Å². The van der Waals surface area contributed by atoms with Gasteiger partial charge in [0.15, 0.2) is 0 Å². The quantitative estimate of drug-likeness (QED) is 0.845. The van der Waals surface area contributed by atoms with Gasteiger partial charge in [-0.25, -0.2) is 4.39 Å². The summed E-state index contributed by atoms with van der Waals surface area (Å²) in [5, 5.41) is 2.92. The van der Waals surface area contributed by atoms with Gasteiger partial charge in [0.25, 0.3) is 0 Å². The lowest BCUT2D eigenvalue weighted by Crippen LogP contribution is -2.42. The second-order valence-electron chi connectivity index (χ2n) is 5.74. The largest absolute Gasteiger partial charge is 0.416 e. The molecule has 0 aromatic heterocycles. The van der Waals surface area contributed by atoms with Crippen molar-refractivity contribution in [1.29, 1.82) is 0 Å². The van der Waals surface area contributed by atoms with Gasteiger partial charge in [0, 0.05) is 25.2 Å². The number of benzene rings is 1. The van der Waals surface area contributed by atoms with Crippen molar-refractivity contribution in [3.8, 4) is 0 Å².